The van der Waals surface area contributed by atoms with E-state index in [-0.39, 0.29) is 18.3 Å². The Hall–Kier alpha value is -2.64. The fraction of sp³-hybridized carbons (Fsp3) is 0.333. The molecule has 0 saturated carbocycles. The largest absolute Gasteiger partial charge is 0.493 e. The summed E-state index contributed by atoms with van der Waals surface area (Å²) in [4.78, 5) is 12.1. The summed E-state index contributed by atoms with van der Waals surface area (Å²) in [6.07, 6.45) is 1.63. The van der Waals surface area contributed by atoms with Crippen molar-refractivity contribution >= 4 is 5.91 Å². The number of benzene rings is 1. The highest BCUT2D eigenvalue weighted by Gasteiger charge is 2.25. The van der Waals surface area contributed by atoms with E-state index in [0.29, 0.717) is 22.6 Å². The first-order valence-electron chi connectivity index (χ1n) is 7.01. The summed E-state index contributed by atoms with van der Waals surface area (Å²) >= 11 is 0. The standard InChI is InChI=1S/C15H15F2N3O3/c1-22-12-4-2-3-9-7-10(8-23-13(9)12)18-14(21)11-5-6-20(19-11)15(16)17/h2-6,10,15H,7-8H2,1H3,(H,18,21)/t10-/m0/s1. The third-order valence-electron chi connectivity index (χ3n) is 3.55. The molecular formula is C15H15F2N3O3. The van der Waals surface area contributed by atoms with Crippen LogP contribution in [0.5, 0.6) is 11.5 Å². The molecule has 6 nitrogen and oxygen atoms in total. The molecule has 122 valence electrons. The zero-order chi connectivity index (χ0) is 16.4. The molecule has 0 aliphatic carbocycles. The van der Waals surface area contributed by atoms with E-state index in [4.69, 9.17) is 9.47 Å². The van der Waals surface area contributed by atoms with Crippen LogP contribution in [0.1, 0.15) is 22.6 Å². The van der Waals surface area contributed by atoms with Gasteiger partial charge in [0.05, 0.1) is 13.2 Å². The smallest absolute Gasteiger partial charge is 0.333 e. The minimum atomic E-state index is -2.77. The lowest BCUT2D eigenvalue weighted by Crippen LogP contribution is -2.43. The number of nitrogens with zero attached hydrogens (tertiary/aromatic N) is 2. The Morgan fingerprint density at radius 1 is 1.48 bits per heavy atom. The monoisotopic (exact) mass is 323 g/mol. The molecule has 3 rings (SSSR count). The van der Waals surface area contributed by atoms with Gasteiger partial charge >= 0.3 is 6.55 Å². The van der Waals surface area contributed by atoms with E-state index < -0.39 is 12.5 Å². The molecule has 1 aromatic carbocycles. The molecule has 1 N–H and O–H groups in total. The Bertz CT molecular complexity index is 718. The molecule has 1 atom stereocenters. The van der Waals surface area contributed by atoms with Crippen molar-refractivity contribution in [2.75, 3.05) is 13.7 Å². The van der Waals surface area contributed by atoms with Gasteiger partial charge in [-0.2, -0.15) is 13.9 Å². The average Bonchev–Trinajstić information content (AvgIpc) is 3.04. The molecular weight excluding hydrogens is 308 g/mol. The van der Waals surface area contributed by atoms with Crippen molar-refractivity contribution in [2.24, 2.45) is 0 Å². The van der Waals surface area contributed by atoms with Crippen LogP contribution in [0, 0.1) is 0 Å². The molecule has 23 heavy (non-hydrogen) atoms. The molecule has 1 aliphatic rings. The summed E-state index contributed by atoms with van der Waals surface area (Å²) in [6, 6.07) is 6.52. The molecule has 2 heterocycles. The molecule has 0 unspecified atom stereocenters. The summed E-state index contributed by atoms with van der Waals surface area (Å²) in [5.74, 6) is 0.801. The predicted octanol–water partition coefficient (Wildman–Crippen LogP) is 2.02. The second kappa shape index (κ2) is 6.23. The van der Waals surface area contributed by atoms with Crippen molar-refractivity contribution in [3.05, 3.63) is 41.7 Å². The number of para-hydroxylation sites is 1. The van der Waals surface area contributed by atoms with Gasteiger partial charge in [-0.3, -0.25) is 4.79 Å². The third kappa shape index (κ3) is 3.10. The van der Waals surface area contributed by atoms with E-state index in [1.165, 1.54) is 6.07 Å². The Morgan fingerprint density at radius 2 is 2.30 bits per heavy atom. The number of amides is 1. The van der Waals surface area contributed by atoms with Gasteiger partial charge in [0.2, 0.25) is 0 Å². The SMILES string of the molecule is COc1cccc2c1OC[C@@H](NC(=O)c1ccn(C(F)F)n1)C2. The van der Waals surface area contributed by atoms with Gasteiger partial charge in [0, 0.05) is 11.8 Å². The minimum Gasteiger partial charge on any atom is -0.493 e. The van der Waals surface area contributed by atoms with Crippen LogP contribution in [0.4, 0.5) is 8.78 Å². The van der Waals surface area contributed by atoms with Crippen LogP contribution in [0.25, 0.3) is 0 Å². The normalized spacial score (nSPS) is 16.6. The minimum absolute atomic E-state index is 0.0539. The molecule has 0 radical (unpaired) electrons. The number of aromatic nitrogens is 2. The highest BCUT2D eigenvalue weighted by molar-refractivity contribution is 5.92. The van der Waals surface area contributed by atoms with Crippen LogP contribution in [0.3, 0.4) is 0 Å². The highest BCUT2D eigenvalue weighted by atomic mass is 19.3. The number of fused-ring (bicyclic) bond motifs is 1. The van der Waals surface area contributed by atoms with Crippen LogP contribution in [0.2, 0.25) is 0 Å². The number of halogens is 2. The van der Waals surface area contributed by atoms with Gasteiger partial charge in [-0.1, -0.05) is 12.1 Å². The number of methoxy groups -OCH3 is 1. The Balaban J connectivity index is 1.68. The van der Waals surface area contributed by atoms with Crippen LogP contribution in [-0.2, 0) is 6.42 Å². The maximum atomic E-state index is 12.5. The molecule has 0 bridgehead atoms. The number of hydrogen-bond acceptors (Lipinski definition) is 4. The maximum absolute atomic E-state index is 12.5. The second-order valence-electron chi connectivity index (χ2n) is 5.09. The first-order chi connectivity index (χ1) is 11.1. The number of nitrogens with one attached hydrogen (secondary N) is 1. The quantitative estimate of drug-likeness (QED) is 0.935. The highest BCUT2D eigenvalue weighted by Crippen LogP contribution is 2.34. The van der Waals surface area contributed by atoms with Crippen LogP contribution < -0.4 is 14.8 Å². The van der Waals surface area contributed by atoms with E-state index in [1.807, 2.05) is 12.1 Å². The number of ether oxygens (including phenoxy) is 2. The van der Waals surface area contributed by atoms with Crippen LogP contribution >= 0.6 is 0 Å². The first kappa shape index (κ1) is 15.3. The van der Waals surface area contributed by atoms with Gasteiger partial charge in [-0.05, 0) is 18.6 Å². The molecule has 1 aromatic heterocycles. The van der Waals surface area contributed by atoms with Crippen LogP contribution in [0.15, 0.2) is 30.5 Å². The van der Waals surface area contributed by atoms with Crippen molar-refractivity contribution in [3.63, 3.8) is 0 Å². The zero-order valence-corrected chi connectivity index (χ0v) is 12.3. The molecule has 2 aromatic rings. The van der Waals surface area contributed by atoms with Gasteiger partial charge in [0.1, 0.15) is 12.3 Å². The van der Waals surface area contributed by atoms with Gasteiger partial charge < -0.3 is 14.8 Å². The number of alkyl halides is 2. The number of rotatable bonds is 4. The average molecular weight is 323 g/mol. The number of hydrogen-bond donors (Lipinski definition) is 1. The van der Waals surface area contributed by atoms with Crippen molar-refractivity contribution in [3.8, 4) is 11.5 Å². The molecule has 0 saturated heterocycles. The fourth-order valence-corrected chi connectivity index (χ4v) is 2.47. The lowest BCUT2D eigenvalue weighted by atomic mass is 10.0. The molecule has 1 amide bonds. The van der Waals surface area contributed by atoms with E-state index in [1.54, 1.807) is 13.2 Å². The van der Waals surface area contributed by atoms with Crippen molar-refractivity contribution in [1.29, 1.82) is 0 Å². The Labute approximate surface area is 131 Å². The maximum Gasteiger partial charge on any atom is 0.333 e. The van der Waals surface area contributed by atoms with E-state index >= 15 is 0 Å². The molecule has 1 aliphatic heterocycles. The molecule has 8 heteroatoms. The van der Waals surface area contributed by atoms with E-state index in [0.717, 1.165) is 11.8 Å². The zero-order valence-electron chi connectivity index (χ0n) is 12.3. The first-order valence-corrected chi connectivity index (χ1v) is 7.01. The van der Waals surface area contributed by atoms with Crippen molar-refractivity contribution < 1.29 is 23.0 Å². The summed E-state index contributed by atoms with van der Waals surface area (Å²) in [5.41, 5.74) is 0.862. The predicted molar refractivity (Wildman–Crippen MR) is 76.9 cm³/mol. The summed E-state index contributed by atoms with van der Waals surface area (Å²) < 4.78 is 36.3. The van der Waals surface area contributed by atoms with Gasteiger partial charge in [-0.15, -0.1) is 0 Å². The Morgan fingerprint density at radius 3 is 3.00 bits per heavy atom. The number of carbonyl (C=O) groups excluding carboxylic acids is 1. The summed E-state index contributed by atoms with van der Waals surface area (Å²) in [7, 11) is 1.56. The topological polar surface area (TPSA) is 65.4 Å². The number of carbonyl (C=O) groups is 1. The van der Waals surface area contributed by atoms with E-state index in [9.17, 15) is 13.6 Å². The molecule has 0 spiro atoms. The second-order valence-corrected chi connectivity index (χ2v) is 5.09. The third-order valence-corrected chi connectivity index (χ3v) is 3.55. The summed E-state index contributed by atoms with van der Waals surface area (Å²) in [6.45, 7) is -2.50. The van der Waals surface area contributed by atoms with Crippen molar-refractivity contribution in [2.45, 2.75) is 19.0 Å². The summed E-state index contributed by atoms with van der Waals surface area (Å²) in [5, 5.41) is 6.28. The molecule has 0 fully saturated rings. The lowest BCUT2D eigenvalue weighted by Gasteiger charge is -2.26. The van der Waals surface area contributed by atoms with E-state index in [2.05, 4.69) is 10.4 Å². The van der Waals surface area contributed by atoms with Gasteiger partial charge in [-0.25, -0.2) is 4.68 Å². The van der Waals surface area contributed by atoms with Gasteiger partial charge in [0.25, 0.3) is 5.91 Å². The fourth-order valence-electron chi connectivity index (χ4n) is 2.47. The Kier molecular flexibility index (Phi) is 4.14. The lowest BCUT2D eigenvalue weighted by molar-refractivity contribution is 0.0559. The van der Waals surface area contributed by atoms with Gasteiger partial charge in [0.15, 0.2) is 11.5 Å². The van der Waals surface area contributed by atoms with Crippen molar-refractivity contribution in [1.82, 2.24) is 15.1 Å². The van der Waals surface area contributed by atoms with Crippen LogP contribution in [-0.4, -0.2) is 35.4 Å².